The minimum absolute atomic E-state index is 0.0237. The topological polar surface area (TPSA) is 39.2 Å². The van der Waals surface area contributed by atoms with Gasteiger partial charge in [0.15, 0.2) is 0 Å². The molecule has 0 amide bonds. The van der Waals surface area contributed by atoms with Gasteiger partial charge in [0, 0.05) is 6.20 Å². The molecule has 0 bridgehead atoms. The standard InChI is InChI=1S/C10H10ClF2NO2/c1-2-16-8(15)4-6-3-7(11)9(10(12)13)14-5-6/h3,5,10H,2,4H2,1H3. The van der Waals surface area contributed by atoms with E-state index in [1.807, 2.05) is 0 Å². The molecular formula is C10H10ClF2NO2. The van der Waals surface area contributed by atoms with Crippen LogP contribution in [0.5, 0.6) is 0 Å². The summed E-state index contributed by atoms with van der Waals surface area (Å²) >= 11 is 5.59. The molecule has 0 aliphatic rings. The van der Waals surface area contributed by atoms with Gasteiger partial charge in [-0.15, -0.1) is 0 Å². The highest BCUT2D eigenvalue weighted by molar-refractivity contribution is 6.31. The van der Waals surface area contributed by atoms with Crippen LogP contribution in [0.3, 0.4) is 0 Å². The SMILES string of the molecule is CCOC(=O)Cc1cnc(C(F)F)c(Cl)c1. The molecule has 0 saturated heterocycles. The number of esters is 1. The molecule has 1 aromatic rings. The van der Waals surface area contributed by atoms with Gasteiger partial charge < -0.3 is 4.74 Å². The maximum atomic E-state index is 12.3. The molecule has 16 heavy (non-hydrogen) atoms. The number of aromatic nitrogens is 1. The molecule has 0 aliphatic heterocycles. The number of carbonyl (C=O) groups excluding carboxylic acids is 1. The third-order valence-electron chi connectivity index (χ3n) is 1.79. The van der Waals surface area contributed by atoms with Crippen molar-refractivity contribution in [3.63, 3.8) is 0 Å². The Balaban J connectivity index is 2.77. The Kier molecular flexibility index (Phi) is 4.61. The van der Waals surface area contributed by atoms with Gasteiger partial charge in [-0.1, -0.05) is 11.6 Å². The molecule has 0 radical (unpaired) electrons. The highest BCUT2D eigenvalue weighted by Gasteiger charge is 2.15. The largest absolute Gasteiger partial charge is 0.466 e. The van der Waals surface area contributed by atoms with Crippen LogP contribution in [0.4, 0.5) is 8.78 Å². The Morgan fingerprint density at radius 3 is 2.81 bits per heavy atom. The first-order valence-corrected chi connectivity index (χ1v) is 5.00. The van der Waals surface area contributed by atoms with E-state index in [1.54, 1.807) is 6.92 Å². The molecule has 0 N–H and O–H groups in total. The van der Waals surface area contributed by atoms with Gasteiger partial charge in [0.05, 0.1) is 18.1 Å². The summed E-state index contributed by atoms with van der Waals surface area (Å²) in [4.78, 5) is 14.6. The molecule has 0 aromatic carbocycles. The average molecular weight is 250 g/mol. The van der Waals surface area contributed by atoms with E-state index in [9.17, 15) is 13.6 Å². The van der Waals surface area contributed by atoms with Crippen molar-refractivity contribution in [3.8, 4) is 0 Å². The van der Waals surface area contributed by atoms with Gasteiger partial charge >= 0.3 is 5.97 Å². The van der Waals surface area contributed by atoms with Gasteiger partial charge in [0.2, 0.25) is 0 Å². The second-order valence-corrected chi connectivity index (χ2v) is 3.40. The molecule has 0 saturated carbocycles. The first-order valence-electron chi connectivity index (χ1n) is 4.62. The van der Waals surface area contributed by atoms with Crippen LogP contribution in [0.15, 0.2) is 12.3 Å². The Bertz CT molecular complexity index is 385. The minimum Gasteiger partial charge on any atom is -0.466 e. The van der Waals surface area contributed by atoms with Crippen LogP contribution < -0.4 is 0 Å². The molecule has 0 spiro atoms. The van der Waals surface area contributed by atoms with Crippen molar-refractivity contribution < 1.29 is 18.3 Å². The normalized spacial score (nSPS) is 10.6. The number of nitrogens with zero attached hydrogens (tertiary/aromatic N) is 1. The fraction of sp³-hybridized carbons (Fsp3) is 0.400. The predicted molar refractivity (Wildman–Crippen MR) is 54.5 cm³/mol. The highest BCUT2D eigenvalue weighted by atomic mass is 35.5. The van der Waals surface area contributed by atoms with Gasteiger partial charge in [0.25, 0.3) is 6.43 Å². The number of carbonyl (C=O) groups is 1. The quantitative estimate of drug-likeness (QED) is 0.771. The second-order valence-electron chi connectivity index (χ2n) is 2.99. The number of alkyl halides is 2. The van der Waals surface area contributed by atoms with Gasteiger partial charge in [0.1, 0.15) is 5.69 Å². The lowest BCUT2D eigenvalue weighted by Gasteiger charge is -2.05. The Morgan fingerprint density at radius 1 is 1.62 bits per heavy atom. The number of ether oxygens (including phenoxy) is 1. The summed E-state index contributed by atoms with van der Waals surface area (Å²) in [5.41, 5.74) is -0.0258. The van der Waals surface area contributed by atoms with Crippen molar-refractivity contribution in [2.45, 2.75) is 19.8 Å². The third-order valence-corrected chi connectivity index (χ3v) is 2.09. The summed E-state index contributed by atoms with van der Waals surface area (Å²) in [5.74, 6) is -0.440. The van der Waals surface area contributed by atoms with Crippen molar-refractivity contribution in [1.29, 1.82) is 0 Å². The number of rotatable bonds is 4. The molecule has 0 atom stereocenters. The first kappa shape index (κ1) is 12.8. The van der Waals surface area contributed by atoms with Crippen molar-refractivity contribution in [2.75, 3.05) is 6.61 Å². The van der Waals surface area contributed by atoms with Crippen LogP contribution >= 0.6 is 11.6 Å². The molecule has 6 heteroatoms. The number of halogens is 3. The maximum Gasteiger partial charge on any atom is 0.310 e. The minimum atomic E-state index is -2.72. The lowest BCUT2D eigenvalue weighted by atomic mass is 10.2. The van der Waals surface area contributed by atoms with Gasteiger partial charge in [-0.25, -0.2) is 8.78 Å². The molecule has 1 aromatic heterocycles. The van der Waals surface area contributed by atoms with E-state index in [0.717, 1.165) is 0 Å². The van der Waals surface area contributed by atoms with Crippen LogP contribution in [-0.4, -0.2) is 17.6 Å². The van der Waals surface area contributed by atoms with E-state index < -0.39 is 18.1 Å². The van der Waals surface area contributed by atoms with Crippen LogP contribution in [0.2, 0.25) is 5.02 Å². The molecule has 1 rings (SSSR count). The molecule has 0 aliphatic carbocycles. The van der Waals surface area contributed by atoms with Crippen molar-refractivity contribution in [1.82, 2.24) is 4.98 Å². The molecule has 0 fully saturated rings. The van der Waals surface area contributed by atoms with E-state index >= 15 is 0 Å². The molecule has 88 valence electrons. The number of hydrogen-bond acceptors (Lipinski definition) is 3. The van der Waals surface area contributed by atoms with Gasteiger partial charge in [-0.3, -0.25) is 9.78 Å². The molecule has 1 heterocycles. The van der Waals surface area contributed by atoms with Crippen LogP contribution in [-0.2, 0) is 16.0 Å². The molecule has 0 unspecified atom stereocenters. The second kappa shape index (κ2) is 5.75. The zero-order valence-corrected chi connectivity index (χ0v) is 9.30. The average Bonchev–Trinajstić information content (AvgIpc) is 2.17. The summed E-state index contributed by atoms with van der Waals surface area (Å²) in [6.45, 7) is 1.96. The lowest BCUT2D eigenvalue weighted by Crippen LogP contribution is -2.08. The van der Waals surface area contributed by atoms with Crippen molar-refractivity contribution in [3.05, 3.63) is 28.5 Å². The van der Waals surface area contributed by atoms with Crippen LogP contribution in [0, 0.1) is 0 Å². The fourth-order valence-corrected chi connectivity index (χ4v) is 1.40. The Morgan fingerprint density at radius 2 is 2.31 bits per heavy atom. The zero-order valence-electron chi connectivity index (χ0n) is 8.54. The lowest BCUT2D eigenvalue weighted by molar-refractivity contribution is -0.142. The van der Waals surface area contributed by atoms with Crippen molar-refractivity contribution >= 4 is 17.6 Å². The zero-order chi connectivity index (χ0) is 12.1. The summed E-state index contributed by atoms with van der Waals surface area (Å²) in [7, 11) is 0. The maximum absolute atomic E-state index is 12.3. The van der Waals surface area contributed by atoms with E-state index in [1.165, 1.54) is 12.3 Å². The third kappa shape index (κ3) is 3.41. The first-order chi connectivity index (χ1) is 7.54. The monoisotopic (exact) mass is 249 g/mol. The van der Waals surface area contributed by atoms with Gasteiger partial charge in [-0.05, 0) is 18.6 Å². The summed E-state index contributed by atoms with van der Waals surface area (Å²) in [5, 5.41) is -0.142. The molecular weight excluding hydrogens is 240 g/mol. The number of pyridine rings is 1. The summed E-state index contributed by atoms with van der Waals surface area (Å²) in [6, 6.07) is 1.30. The van der Waals surface area contributed by atoms with E-state index in [-0.39, 0.29) is 18.1 Å². The smallest absolute Gasteiger partial charge is 0.310 e. The van der Waals surface area contributed by atoms with Crippen molar-refractivity contribution in [2.24, 2.45) is 0 Å². The van der Waals surface area contributed by atoms with E-state index in [2.05, 4.69) is 4.98 Å². The predicted octanol–water partition coefficient (Wildman–Crippen LogP) is 2.78. The Labute approximate surface area is 96.4 Å². The van der Waals surface area contributed by atoms with E-state index in [0.29, 0.717) is 5.56 Å². The van der Waals surface area contributed by atoms with Gasteiger partial charge in [-0.2, -0.15) is 0 Å². The van der Waals surface area contributed by atoms with Crippen LogP contribution in [0.25, 0.3) is 0 Å². The van der Waals surface area contributed by atoms with E-state index in [4.69, 9.17) is 16.3 Å². The Hall–Kier alpha value is -1.23. The van der Waals surface area contributed by atoms with Crippen LogP contribution in [0.1, 0.15) is 24.6 Å². The number of hydrogen-bond donors (Lipinski definition) is 0. The summed E-state index contributed by atoms with van der Waals surface area (Å²) < 4.78 is 29.3. The fourth-order valence-electron chi connectivity index (χ4n) is 1.12. The summed E-state index contributed by atoms with van der Waals surface area (Å²) in [6.07, 6.45) is -1.54. The highest BCUT2D eigenvalue weighted by Crippen LogP contribution is 2.25. The molecule has 3 nitrogen and oxygen atoms in total.